The summed E-state index contributed by atoms with van der Waals surface area (Å²) in [5.74, 6) is 2.10. The van der Waals surface area contributed by atoms with E-state index in [0.717, 1.165) is 19.0 Å². The molecular weight excluding hydrogens is 124 g/mol. The minimum atomic E-state index is 0.794. The summed E-state index contributed by atoms with van der Waals surface area (Å²) in [5, 5.41) is 3.37. The number of hydrogen-bond donors (Lipinski definition) is 1. The fourth-order valence-electron chi connectivity index (χ4n) is 1.85. The van der Waals surface area contributed by atoms with Crippen LogP contribution in [0.1, 0.15) is 25.7 Å². The molecule has 0 saturated carbocycles. The number of hydrogen-bond acceptors (Lipinski definition) is 2. The molecule has 2 aliphatic rings. The lowest BCUT2D eigenvalue weighted by atomic mass is 9.91. The SMILES string of the molecule is C1CN=C2NCCCC2C1. The molecule has 2 heteroatoms. The molecule has 0 spiro atoms. The van der Waals surface area contributed by atoms with Crippen molar-refractivity contribution in [1.29, 1.82) is 0 Å². The van der Waals surface area contributed by atoms with Crippen molar-refractivity contribution in [3.05, 3.63) is 0 Å². The van der Waals surface area contributed by atoms with Crippen molar-refractivity contribution in [1.82, 2.24) is 5.32 Å². The van der Waals surface area contributed by atoms with Gasteiger partial charge in [0, 0.05) is 19.0 Å². The van der Waals surface area contributed by atoms with Gasteiger partial charge in [0.25, 0.3) is 0 Å². The predicted molar refractivity (Wildman–Crippen MR) is 42.3 cm³/mol. The number of nitrogens with one attached hydrogen (secondary N) is 1. The Morgan fingerprint density at radius 2 is 2.20 bits per heavy atom. The quantitative estimate of drug-likeness (QED) is 0.534. The summed E-state index contributed by atoms with van der Waals surface area (Å²) in [7, 11) is 0. The zero-order valence-corrected chi connectivity index (χ0v) is 6.27. The molecule has 0 aromatic heterocycles. The highest BCUT2D eigenvalue weighted by Gasteiger charge is 2.21. The van der Waals surface area contributed by atoms with E-state index in [2.05, 4.69) is 10.3 Å². The summed E-state index contributed by atoms with van der Waals surface area (Å²) in [6.07, 6.45) is 5.37. The summed E-state index contributed by atoms with van der Waals surface area (Å²) in [4.78, 5) is 4.46. The maximum Gasteiger partial charge on any atom is 0.0994 e. The molecule has 1 saturated heterocycles. The van der Waals surface area contributed by atoms with Crippen LogP contribution in [0, 0.1) is 5.92 Å². The first-order chi connectivity index (χ1) is 4.97. The van der Waals surface area contributed by atoms with Crippen LogP contribution >= 0.6 is 0 Å². The van der Waals surface area contributed by atoms with Crippen LogP contribution in [-0.2, 0) is 0 Å². The molecule has 2 aliphatic heterocycles. The molecular formula is C8H14N2. The molecule has 2 rings (SSSR count). The molecule has 1 atom stereocenters. The Balaban J connectivity index is 2.08. The van der Waals surface area contributed by atoms with Gasteiger partial charge >= 0.3 is 0 Å². The van der Waals surface area contributed by atoms with Crippen molar-refractivity contribution >= 4 is 5.84 Å². The average Bonchev–Trinajstić information content (AvgIpc) is 2.05. The molecule has 1 N–H and O–H groups in total. The van der Waals surface area contributed by atoms with Crippen molar-refractivity contribution in [2.75, 3.05) is 13.1 Å². The van der Waals surface area contributed by atoms with Gasteiger partial charge in [0.2, 0.25) is 0 Å². The maximum atomic E-state index is 4.46. The van der Waals surface area contributed by atoms with E-state index in [0.29, 0.717) is 0 Å². The summed E-state index contributed by atoms with van der Waals surface area (Å²) >= 11 is 0. The van der Waals surface area contributed by atoms with Crippen molar-refractivity contribution in [3.8, 4) is 0 Å². The lowest BCUT2D eigenvalue weighted by Crippen LogP contribution is -2.38. The molecule has 1 fully saturated rings. The van der Waals surface area contributed by atoms with E-state index in [1.807, 2.05) is 0 Å². The van der Waals surface area contributed by atoms with Crippen LogP contribution in [0.25, 0.3) is 0 Å². The summed E-state index contributed by atoms with van der Waals surface area (Å²) < 4.78 is 0. The fraction of sp³-hybridized carbons (Fsp3) is 0.875. The van der Waals surface area contributed by atoms with Crippen molar-refractivity contribution in [2.24, 2.45) is 10.9 Å². The van der Waals surface area contributed by atoms with Gasteiger partial charge in [-0.15, -0.1) is 0 Å². The van der Waals surface area contributed by atoms with E-state index in [1.165, 1.54) is 31.5 Å². The number of aliphatic imine (C=N–C) groups is 1. The minimum Gasteiger partial charge on any atom is -0.374 e. The second-order valence-electron chi connectivity index (χ2n) is 3.18. The normalized spacial score (nSPS) is 32.0. The third-order valence-corrected chi connectivity index (χ3v) is 2.42. The molecule has 0 bridgehead atoms. The lowest BCUT2D eigenvalue weighted by molar-refractivity contribution is 0.464. The summed E-state index contributed by atoms with van der Waals surface area (Å²) in [6.45, 7) is 2.20. The van der Waals surface area contributed by atoms with Crippen LogP contribution in [0.2, 0.25) is 0 Å². The Hall–Kier alpha value is -0.530. The van der Waals surface area contributed by atoms with E-state index in [9.17, 15) is 0 Å². The standard InChI is InChI=1S/C8H14N2/c1-3-7-4-2-6-10-8(7)9-5-1/h7H,1-6H2,(H,9,10). The Kier molecular flexibility index (Phi) is 1.61. The minimum absolute atomic E-state index is 0.794. The van der Waals surface area contributed by atoms with Gasteiger partial charge < -0.3 is 5.32 Å². The average molecular weight is 138 g/mol. The van der Waals surface area contributed by atoms with Crippen LogP contribution in [0.4, 0.5) is 0 Å². The first-order valence-corrected chi connectivity index (χ1v) is 4.25. The Bertz CT molecular complexity index is 151. The Labute approximate surface area is 61.7 Å². The molecule has 0 aliphatic carbocycles. The zero-order chi connectivity index (χ0) is 6.81. The van der Waals surface area contributed by atoms with Gasteiger partial charge in [-0.2, -0.15) is 0 Å². The maximum absolute atomic E-state index is 4.46. The first-order valence-electron chi connectivity index (χ1n) is 4.25. The number of nitrogens with zero attached hydrogens (tertiary/aromatic N) is 1. The molecule has 2 heterocycles. The fourth-order valence-corrected chi connectivity index (χ4v) is 1.85. The highest BCUT2D eigenvalue weighted by atomic mass is 15.0. The summed E-state index contributed by atoms with van der Waals surface area (Å²) in [5.41, 5.74) is 0. The van der Waals surface area contributed by atoms with Gasteiger partial charge in [-0.05, 0) is 25.7 Å². The highest BCUT2D eigenvalue weighted by Crippen LogP contribution is 2.21. The van der Waals surface area contributed by atoms with Gasteiger partial charge in [-0.3, -0.25) is 4.99 Å². The van der Waals surface area contributed by atoms with E-state index in [4.69, 9.17) is 0 Å². The highest BCUT2D eigenvalue weighted by molar-refractivity contribution is 5.85. The molecule has 2 nitrogen and oxygen atoms in total. The number of rotatable bonds is 0. The Morgan fingerprint density at radius 1 is 1.30 bits per heavy atom. The van der Waals surface area contributed by atoms with E-state index in [-0.39, 0.29) is 0 Å². The van der Waals surface area contributed by atoms with Crippen LogP contribution in [-0.4, -0.2) is 18.9 Å². The number of amidine groups is 1. The van der Waals surface area contributed by atoms with Crippen LogP contribution in [0.3, 0.4) is 0 Å². The second kappa shape index (κ2) is 2.60. The number of fused-ring (bicyclic) bond motifs is 1. The van der Waals surface area contributed by atoms with Gasteiger partial charge in [-0.1, -0.05) is 0 Å². The van der Waals surface area contributed by atoms with Crippen molar-refractivity contribution in [3.63, 3.8) is 0 Å². The van der Waals surface area contributed by atoms with E-state index >= 15 is 0 Å². The van der Waals surface area contributed by atoms with Crippen LogP contribution in [0.5, 0.6) is 0 Å². The monoisotopic (exact) mass is 138 g/mol. The van der Waals surface area contributed by atoms with Crippen molar-refractivity contribution < 1.29 is 0 Å². The van der Waals surface area contributed by atoms with E-state index < -0.39 is 0 Å². The van der Waals surface area contributed by atoms with Crippen LogP contribution in [0.15, 0.2) is 4.99 Å². The molecule has 10 heavy (non-hydrogen) atoms. The second-order valence-corrected chi connectivity index (χ2v) is 3.18. The molecule has 1 unspecified atom stereocenters. The molecule has 56 valence electrons. The third-order valence-electron chi connectivity index (χ3n) is 2.42. The third kappa shape index (κ3) is 1.02. The predicted octanol–water partition coefficient (Wildman–Crippen LogP) is 1.18. The van der Waals surface area contributed by atoms with Gasteiger partial charge in [0.05, 0.1) is 5.84 Å². The molecule has 0 aromatic rings. The molecule has 0 radical (unpaired) electrons. The molecule has 0 aromatic carbocycles. The van der Waals surface area contributed by atoms with Gasteiger partial charge in [-0.25, -0.2) is 0 Å². The lowest BCUT2D eigenvalue weighted by Gasteiger charge is -2.28. The van der Waals surface area contributed by atoms with E-state index in [1.54, 1.807) is 0 Å². The largest absolute Gasteiger partial charge is 0.374 e. The smallest absolute Gasteiger partial charge is 0.0994 e. The van der Waals surface area contributed by atoms with Gasteiger partial charge in [0.1, 0.15) is 0 Å². The first kappa shape index (κ1) is 6.20. The zero-order valence-electron chi connectivity index (χ0n) is 6.27. The van der Waals surface area contributed by atoms with Gasteiger partial charge in [0.15, 0.2) is 0 Å². The Morgan fingerprint density at radius 3 is 3.10 bits per heavy atom. The van der Waals surface area contributed by atoms with Crippen LogP contribution < -0.4 is 5.32 Å². The van der Waals surface area contributed by atoms with Crippen molar-refractivity contribution in [2.45, 2.75) is 25.7 Å². The number of piperidine rings is 1. The molecule has 0 amide bonds. The topological polar surface area (TPSA) is 24.4 Å². The summed E-state index contributed by atoms with van der Waals surface area (Å²) in [6, 6.07) is 0.